The highest BCUT2D eigenvalue weighted by atomic mass is 19.4. The second kappa shape index (κ2) is 8.03. The van der Waals surface area contributed by atoms with Crippen LogP contribution in [0.1, 0.15) is 25.3 Å². The van der Waals surface area contributed by atoms with Crippen LogP contribution >= 0.6 is 0 Å². The Morgan fingerprint density at radius 2 is 2.13 bits per heavy atom. The zero-order valence-electron chi connectivity index (χ0n) is 13.0. The van der Waals surface area contributed by atoms with Crippen molar-refractivity contribution in [3.05, 3.63) is 23.9 Å². The summed E-state index contributed by atoms with van der Waals surface area (Å²) in [5, 5.41) is 6.42. The number of nitrogens with one attached hydrogen (secondary N) is 2. The molecule has 0 aromatic carbocycles. The van der Waals surface area contributed by atoms with Crippen LogP contribution in [-0.4, -0.2) is 36.8 Å². The van der Waals surface area contributed by atoms with Gasteiger partial charge >= 0.3 is 6.18 Å². The van der Waals surface area contributed by atoms with Gasteiger partial charge in [0.25, 0.3) is 0 Å². The highest BCUT2D eigenvalue weighted by molar-refractivity contribution is 5.79. The number of aromatic nitrogens is 1. The van der Waals surface area contributed by atoms with Crippen molar-refractivity contribution in [2.45, 2.75) is 32.5 Å². The second-order valence-corrected chi connectivity index (χ2v) is 5.43. The first kappa shape index (κ1) is 17.4. The van der Waals surface area contributed by atoms with Crippen molar-refractivity contribution in [3.8, 4) is 5.88 Å². The zero-order chi connectivity index (χ0) is 16.7. The third-order valence-electron chi connectivity index (χ3n) is 3.20. The molecule has 23 heavy (non-hydrogen) atoms. The maximum absolute atomic E-state index is 12.1. The van der Waals surface area contributed by atoms with Crippen molar-refractivity contribution in [1.29, 1.82) is 0 Å². The first-order valence-electron chi connectivity index (χ1n) is 7.63. The van der Waals surface area contributed by atoms with E-state index in [-0.39, 0.29) is 5.88 Å². The Kier molecular flexibility index (Phi) is 6.06. The van der Waals surface area contributed by atoms with E-state index in [0.717, 1.165) is 30.5 Å². The smallest absolute Gasteiger partial charge is 0.422 e. The summed E-state index contributed by atoms with van der Waals surface area (Å²) in [6, 6.07) is 3.08. The molecule has 1 aromatic rings. The molecule has 1 aliphatic rings. The molecule has 0 bridgehead atoms. The Morgan fingerprint density at radius 3 is 2.70 bits per heavy atom. The van der Waals surface area contributed by atoms with E-state index in [1.54, 1.807) is 6.07 Å². The number of hydrogen-bond donors (Lipinski definition) is 2. The van der Waals surface area contributed by atoms with Crippen molar-refractivity contribution >= 4 is 5.96 Å². The van der Waals surface area contributed by atoms with Crippen LogP contribution in [0.2, 0.25) is 0 Å². The predicted octanol–water partition coefficient (Wildman–Crippen LogP) is 2.49. The number of nitrogens with zero attached hydrogens (tertiary/aromatic N) is 2. The number of guanidine groups is 1. The highest BCUT2D eigenvalue weighted by Gasteiger charge is 2.28. The largest absolute Gasteiger partial charge is 0.468 e. The third-order valence-corrected chi connectivity index (χ3v) is 3.20. The molecular formula is C15H21F3N4O. The topological polar surface area (TPSA) is 58.5 Å². The fraction of sp³-hybridized carbons (Fsp3) is 0.600. The average Bonchev–Trinajstić information content (AvgIpc) is 3.32. The summed E-state index contributed by atoms with van der Waals surface area (Å²) in [7, 11) is 0. The van der Waals surface area contributed by atoms with Crippen LogP contribution in [0, 0.1) is 5.92 Å². The van der Waals surface area contributed by atoms with Gasteiger partial charge in [0.15, 0.2) is 12.6 Å². The van der Waals surface area contributed by atoms with Gasteiger partial charge in [-0.25, -0.2) is 9.98 Å². The molecule has 1 aromatic heterocycles. The average molecular weight is 330 g/mol. The van der Waals surface area contributed by atoms with Crippen LogP contribution in [0.15, 0.2) is 23.3 Å². The lowest BCUT2D eigenvalue weighted by Gasteiger charge is -2.11. The van der Waals surface area contributed by atoms with E-state index in [2.05, 4.69) is 25.3 Å². The van der Waals surface area contributed by atoms with E-state index < -0.39 is 12.8 Å². The number of ether oxygens (including phenoxy) is 1. The zero-order valence-corrected chi connectivity index (χ0v) is 13.0. The van der Waals surface area contributed by atoms with Crippen LogP contribution < -0.4 is 15.4 Å². The second-order valence-electron chi connectivity index (χ2n) is 5.43. The molecule has 1 saturated carbocycles. The maximum atomic E-state index is 12.1. The lowest BCUT2D eigenvalue weighted by molar-refractivity contribution is -0.154. The summed E-state index contributed by atoms with van der Waals surface area (Å²) in [6.45, 7) is 2.72. The first-order chi connectivity index (χ1) is 11.0. The molecule has 8 heteroatoms. The van der Waals surface area contributed by atoms with Crippen LogP contribution in [0.25, 0.3) is 0 Å². The fourth-order valence-electron chi connectivity index (χ4n) is 1.82. The van der Waals surface area contributed by atoms with Crippen molar-refractivity contribution in [2.75, 3.05) is 19.7 Å². The van der Waals surface area contributed by atoms with Gasteiger partial charge in [-0.2, -0.15) is 13.2 Å². The van der Waals surface area contributed by atoms with Gasteiger partial charge in [0, 0.05) is 25.4 Å². The number of alkyl halides is 3. The van der Waals surface area contributed by atoms with Gasteiger partial charge in [0.2, 0.25) is 5.88 Å². The number of hydrogen-bond acceptors (Lipinski definition) is 3. The van der Waals surface area contributed by atoms with E-state index in [4.69, 9.17) is 0 Å². The SMILES string of the molecule is CCNC(=NCc1ccc(OCC(F)(F)F)nc1)NCC1CC1. The minimum atomic E-state index is -4.36. The Hall–Kier alpha value is -1.99. The number of halogens is 3. The summed E-state index contributed by atoms with van der Waals surface area (Å²) in [4.78, 5) is 8.29. The van der Waals surface area contributed by atoms with Gasteiger partial charge in [-0.05, 0) is 31.2 Å². The third kappa shape index (κ3) is 7.21. The molecule has 0 aliphatic heterocycles. The van der Waals surface area contributed by atoms with Crippen molar-refractivity contribution in [2.24, 2.45) is 10.9 Å². The molecule has 128 valence electrons. The molecule has 1 heterocycles. The lowest BCUT2D eigenvalue weighted by Crippen LogP contribution is -2.38. The summed E-state index contributed by atoms with van der Waals surface area (Å²) in [5.41, 5.74) is 0.799. The Bertz CT molecular complexity index is 512. The minimum absolute atomic E-state index is 0.0474. The molecule has 0 atom stereocenters. The summed E-state index contributed by atoms with van der Waals surface area (Å²) in [6.07, 6.45) is -0.371. The summed E-state index contributed by atoms with van der Waals surface area (Å²) < 4.78 is 40.7. The molecule has 2 N–H and O–H groups in total. The molecule has 1 aliphatic carbocycles. The standard InChI is InChI=1S/C15H21F3N4O/c1-2-19-14(21-7-11-3-4-11)22-9-12-5-6-13(20-8-12)23-10-15(16,17)18/h5-6,8,11H,2-4,7,9-10H2,1H3,(H2,19,21,22). The Balaban J connectivity index is 1.83. The fourth-order valence-corrected chi connectivity index (χ4v) is 1.82. The van der Waals surface area contributed by atoms with Gasteiger partial charge in [0.1, 0.15) is 0 Å². The van der Waals surface area contributed by atoms with Gasteiger partial charge in [-0.15, -0.1) is 0 Å². The molecule has 1 fully saturated rings. The van der Waals surface area contributed by atoms with Crippen molar-refractivity contribution in [3.63, 3.8) is 0 Å². The Morgan fingerprint density at radius 1 is 1.35 bits per heavy atom. The van der Waals surface area contributed by atoms with Crippen LogP contribution in [0.5, 0.6) is 5.88 Å². The quantitative estimate of drug-likeness (QED) is 0.596. The van der Waals surface area contributed by atoms with E-state index in [1.165, 1.54) is 25.1 Å². The molecule has 2 rings (SSSR count). The van der Waals surface area contributed by atoms with E-state index >= 15 is 0 Å². The minimum Gasteiger partial charge on any atom is -0.468 e. The van der Waals surface area contributed by atoms with Crippen molar-refractivity contribution in [1.82, 2.24) is 15.6 Å². The molecule has 0 radical (unpaired) electrons. The van der Waals surface area contributed by atoms with Gasteiger partial charge in [-0.1, -0.05) is 6.07 Å². The van der Waals surface area contributed by atoms with Crippen LogP contribution in [0.3, 0.4) is 0 Å². The maximum Gasteiger partial charge on any atom is 0.422 e. The van der Waals surface area contributed by atoms with Crippen LogP contribution in [0.4, 0.5) is 13.2 Å². The van der Waals surface area contributed by atoms with E-state index in [1.807, 2.05) is 6.92 Å². The number of pyridine rings is 1. The van der Waals surface area contributed by atoms with Gasteiger partial charge < -0.3 is 15.4 Å². The highest BCUT2D eigenvalue weighted by Crippen LogP contribution is 2.27. The lowest BCUT2D eigenvalue weighted by atomic mass is 10.3. The van der Waals surface area contributed by atoms with E-state index in [0.29, 0.717) is 6.54 Å². The number of aliphatic imine (C=N–C) groups is 1. The first-order valence-corrected chi connectivity index (χ1v) is 7.63. The van der Waals surface area contributed by atoms with Gasteiger partial charge in [0.05, 0.1) is 6.54 Å². The van der Waals surface area contributed by atoms with Gasteiger partial charge in [-0.3, -0.25) is 0 Å². The molecular weight excluding hydrogens is 309 g/mol. The molecule has 0 amide bonds. The molecule has 5 nitrogen and oxygen atoms in total. The van der Waals surface area contributed by atoms with Crippen molar-refractivity contribution < 1.29 is 17.9 Å². The monoisotopic (exact) mass is 330 g/mol. The Labute approximate surface area is 133 Å². The molecule has 0 saturated heterocycles. The normalized spacial score (nSPS) is 15.4. The van der Waals surface area contributed by atoms with Crippen LogP contribution in [-0.2, 0) is 6.54 Å². The summed E-state index contributed by atoms with van der Waals surface area (Å²) >= 11 is 0. The number of rotatable bonds is 7. The summed E-state index contributed by atoms with van der Waals surface area (Å²) in [5.74, 6) is 1.43. The molecule has 0 spiro atoms. The molecule has 0 unspecified atom stereocenters. The predicted molar refractivity (Wildman–Crippen MR) is 81.3 cm³/mol. The van der Waals surface area contributed by atoms with E-state index in [9.17, 15) is 13.2 Å².